The number of ether oxygens (including phenoxy) is 1. The second kappa shape index (κ2) is 19.4. The normalized spacial score (nSPS) is 17.2. The Bertz CT molecular complexity index is 1160. The van der Waals surface area contributed by atoms with E-state index < -0.39 is 53.5 Å². The molecule has 1 heterocycles. The van der Waals surface area contributed by atoms with Gasteiger partial charge in [0.15, 0.2) is 6.29 Å². The monoisotopic (exact) mass is 659 g/mol. The van der Waals surface area contributed by atoms with E-state index in [4.69, 9.17) is 14.4 Å². The molecule has 12 heteroatoms. The van der Waals surface area contributed by atoms with E-state index in [1.165, 1.54) is 17.0 Å². The number of amides is 5. The first-order chi connectivity index (χ1) is 22.1. The Hall–Kier alpha value is -3.48. The van der Waals surface area contributed by atoms with Crippen molar-refractivity contribution in [3.63, 3.8) is 0 Å². The van der Waals surface area contributed by atoms with Gasteiger partial charge in [-0.2, -0.15) is 0 Å². The molecule has 12 nitrogen and oxygen atoms in total. The molecule has 47 heavy (non-hydrogen) atoms. The molecule has 2 rings (SSSR count). The van der Waals surface area contributed by atoms with Crippen molar-refractivity contribution in [2.75, 3.05) is 20.2 Å². The first kappa shape index (κ1) is 39.7. The molecule has 0 bridgehead atoms. The predicted octanol–water partition coefficient (Wildman–Crippen LogP) is 5.22. The Morgan fingerprint density at radius 3 is 2.21 bits per heavy atom. The number of rotatable bonds is 15. The van der Waals surface area contributed by atoms with E-state index in [1.807, 2.05) is 70.2 Å². The number of hydroxylamine groups is 2. The number of hydrogen-bond donors (Lipinski definition) is 3. The van der Waals surface area contributed by atoms with Crippen molar-refractivity contribution in [2.24, 2.45) is 23.7 Å². The number of allylic oxidation sites excluding steroid dienone is 1. The summed E-state index contributed by atoms with van der Waals surface area (Å²) in [5.41, 5.74) is 8.09. The summed E-state index contributed by atoms with van der Waals surface area (Å²) in [6, 6.07) is 8.16. The van der Waals surface area contributed by atoms with Crippen LogP contribution in [0, 0.1) is 23.7 Å². The van der Waals surface area contributed by atoms with Crippen LogP contribution in [0.25, 0.3) is 6.08 Å². The summed E-state index contributed by atoms with van der Waals surface area (Å²) in [7, 11) is 1.48. The molecule has 0 aliphatic carbocycles. The minimum absolute atomic E-state index is 0.00449. The van der Waals surface area contributed by atoms with Crippen molar-refractivity contribution in [1.82, 2.24) is 26.3 Å². The van der Waals surface area contributed by atoms with Crippen molar-refractivity contribution < 1.29 is 33.6 Å². The molecular weight excluding hydrogens is 602 g/mol. The maximum atomic E-state index is 14.1. The lowest BCUT2D eigenvalue weighted by molar-refractivity contribution is -0.203. The molecule has 4 atom stereocenters. The fourth-order valence-corrected chi connectivity index (χ4v) is 4.94. The van der Waals surface area contributed by atoms with Crippen LogP contribution < -0.4 is 16.4 Å². The summed E-state index contributed by atoms with van der Waals surface area (Å²) in [5, 5.41) is 1.25. The molecule has 3 N–H and O–H groups in total. The Morgan fingerprint density at radius 1 is 0.957 bits per heavy atom. The third-order valence-electron chi connectivity index (χ3n) is 7.58. The summed E-state index contributed by atoms with van der Waals surface area (Å²) in [6.45, 7) is 15.5. The number of nitrogens with one attached hydrogen (secondary N) is 3. The van der Waals surface area contributed by atoms with Crippen molar-refractivity contribution in [3.05, 3.63) is 42.0 Å². The average molecular weight is 660 g/mol. The van der Waals surface area contributed by atoms with Crippen LogP contribution in [-0.4, -0.2) is 71.8 Å². The van der Waals surface area contributed by atoms with Gasteiger partial charge in [0.05, 0.1) is 17.4 Å². The first-order valence-electron chi connectivity index (χ1n) is 16.7. The summed E-state index contributed by atoms with van der Waals surface area (Å²) < 4.78 is 5.61. The van der Waals surface area contributed by atoms with E-state index >= 15 is 0 Å². The fourth-order valence-electron chi connectivity index (χ4n) is 4.94. The zero-order chi connectivity index (χ0) is 35.1. The lowest BCUT2D eigenvalue weighted by atomic mass is 9.82. The van der Waals surface area contributed by atoms with Gasteiger partial charge in [0.2, 0.25) is 11.8 Å². The van der Waals surface area contributed by atoms with E-state index in [-0.39, 0.29) is 24.8 Å². The molecule has 1 saturated heterocycles. The Kier molecular flexibility index (Phi) is 16.4. The highest BCUT2D eigenvalue weighted by molar-refractivity contribution is 5.91. The van der Waals surface area contributed by atoms with Crippen LogP contribution in [0.5, 0.6) is 0 Å². The standard InChI is InChI=1S/C35H57N5O7/c1-24(2)22-29(28(19-15-18-27-16-11-10-12-17-27)32(42)37-46-30-20-13-14-21-45-30)31(41)36-40(23-25(3)4)33(43)26(5)39(9)34(44)38-47-35(6,7)8/h10-12,15-18,24-26,28-30H,13-14,19-23H2,1-9H3,(H,36,41)(H,37,42)(H,38,44)/b18-15+/t26-,28-,29+,30?/m0/s1. The van der Waals surface area contributed by atoms with Gasteiger partial charge in [0, 0.05) is 26.6 Å². The van der Waals surface area contributed by atoms with Crippen LogP contribution in [0.4, 0.5) is 4.79 Å². The topological polar surface area (TPSA) is 139 Å². The molecule has 0 aromatic heterocycles. The van der Waals surface area contributed by atoms with Gasteiger partial charge in [-0.1, -0.05) is 70.2 Å². The minimum Gasteiger partial charge on any atom is -0.350 e. The van der Waals surface area contributed by atoms with Gasteiger partial charge < -0.3 is 9.64 Å². The smallest absolute Gasteiger partial charge is 0.341 e. The maximum absolute atomic E-state index is 14.1. The van der Waals surface area contributed by atoms with Gasteiger partial charge in [0.1, 0.15) is 6.04 Å². The number of nitrogens with zero attached hydrogens (tertiary/aromatic N) is 2. The summed E-state index contributed by atoms with van der Waals surface area (Å²) in [6.07, 6.45) is 6.41. The van der Waals surface area contributed by atoms with Crippen LogP contribution in [-0.2, 0) is 28.8 Å². The first-order valence-corrected chi connectivity index (χ1v) is 16.7. The zero-order valence-electron chi connectivity index (χ0n) is 29.7. The molecule has 1 fully saturated rings. The van der Waals surface area contributed by atoms with E-state index in [9.17, 15) is 19.2 Å². The highest BCUT2D eigenvalue weighted by Gasteiger charge is 2.37. The van der Waals surface area contributed by atoms with Crippen molar-refractivity contribution in [1.29, 1.82) is 0 Å². The Morgan fingerprint density at radius 2 is 1.64 bits per heavy atom. The second-order valence-electron chi connectivity index (χ2n) is 14.0. The number of hydrogen-bond acceptors (Lipinski definition) is 7. The Labute approximate surface area is 280 Å². The second-order valence-corrected chi connectivity index (χ2v) is 14.0. The average Bonchev–Trinajstić information content (AvgIpc) is 3.02. The van der Waals surface area contributed by atoms with Gasteiger partial charge in [-0.15, -0.1) is 0 Å². The SMILES string of the molecule is CC(C)C[C@@H](C(=O)NN(CC(C)C)C(=O)[C@H](C)N(C)C(=O)NOC(C)(C)C)[C@H](C/C=C/c1ccccc1)C(=O)NOC1CCCCO1. The van der Waals surface area contributed by atoms with Crippen LogP contribution in [0.3, 0.4) is 0 Å². The highest BCUT2D eigenvalue weighted by atomic mass is 16.8. The summed E-state index contributed by atoms with van der Waals surface area (Å²) >= 11 is 0. The number of carbonyl (C=O) groups excluding carboxylic acids is 4. The predicted molar refractivity (Wildman–Crippen MR) is 181 cm³/mol. The third-order valence-corrected chi connectivity index (χ3v) is 7.58. The van der Waals surface area contributed by atoms with E-state index in [0.717, 1.165) is 18.4 Å². The number of carbonyl (C=O) groups is 4. The van der Waals surface area contributed by atoms with Gasteiger partial charge in [0.25, 0.3) is 5.91 Å². The van der Waals surface area contributed by atoms with E-state index in [2.05, 4.69) is 16.4 Å². The zero-order valence-corrected chi connectivity index (χ0v) is 29.7. The van der Waals surface area contributed by atoms with E-state index in [0.29, 0.717) is 19.4 Å². The van der Waals surface area contributed by atoms with Crippen molar-refractivity contribution in [3.8, 4) is 0 Å². The molecule has 1 aliphatic heterocycles. The molecule has 1 unspecified atom stereocenters. The van der Waals surface area contributed by atoms with Gasteiger partial charge in [-0.3, -0.25) is 29.7 Å². The lowest BCUT2D eigenvalue weighted by Crippen LogP contribution is -2.58. The lowest BCUT2D eigenvalue weighted by Gasteiger charge is -2.34. The summed E-state index contributed by atoms with van der Waals surface area (Å²) in [4.78, 5) is 66.5. The highest BCUT2D eigenvalue weighted by Crippen LogP contribution is 2.26. The molecule has 1 aromatic rings. The van der Waals surface area contributed by atoms with Gasteiger partial charge in [-0.25, -0.2) is 20.6 Å². The number of hydrazine groups is 1. The van der Waals surface area contributed by atoms with Crippen molar-refractivity contribution in [2.45, 2.75) is 105 Å². The largest absolute Gasteiger partial charge is 0.350 e. The van der Waals surface area contributed by atoms with Crippen LogP contribution in [0.2, 0.25) is 0 Å². The quantitative estimate of drug-likeness (QED) is 0.220. The fraction of sp³-hybridized carbons (Fsp3) is 0.657. The van der Waals surface area contributed by atoms with Gasteiger partial charge >= 0.3 is 6.03 Å². The molecule has 1 aromatic carbocycles. The molecular formula is C35H57N5O7. The molecule has 0 saturated carbocycles. The Balaban J connectivity index is 2.31. The van der Waals surface area contributed by atoms with Gasteiger partial charge in [-0.05, 0) is 70.8 Å². The molecule has 1 aliphatic rings. The van der Waals surface area contributed by atoms with Crippen molar-refractivity contribution >= 4 is 29.8 Å². The number of benzene rings is 1. The van der Waals surface area contributed by atoms with Crippen LogP contribution >= 0.6 is 0 Å². The van der Waals surface area contributed by atoms with Crippen LogP contribution in [0.15, 0.2) is 36.4 Å². The molecule has 0 radical (unpaired) electrons. The van der Waals surface area contributed by atoms with E-state index in [1.54, 1.807) is 27.7 Å². The molecule has 264 valence electrons. The minimum atomic E-state index is -0.932. The number of urea groups is 1. The summed E-state index contributed by atoms with van der Waals surface area (Å²) in [5.74, 6) is -2.94. The number of likely N-dealkylation sites (N-methyl/N-ethyl adjacent to an activating group) is 1. The van der Waals surface area contributed by atoms with Crippen LogP contribution in [0.1, 0.15) is 93.1 Å². The molecule has 0 spiro atoms. The maximum Gasteiger partial charge on any atom is 0.341 e. The molecule has 5 amide bonds. The third kappa shape index (κ3) is 14.4.